The molecule has 3 heteroatoms. The molecule has 4 aromatic carbocycles. The van der Waals surface area contributed by atoms with E-state index in [4.69, 9.17) is 4.42 Å². The summed E-state index contributed by atoms with van der Waals surface area (Å²) in [5.74, 6) is 0. The standard InChI is InChI=1S/C45H52BNO/c1-41(2,3)27-16-19-29(20-17-27)47-36-15-13-14-31-38(36)46(40-39(47)30-24-28(42(4,5)6)18-21-37(30)48-40)35-26-33-32(25-34(35)45(31,11)12)43(7,8)22-23-44(33,9)10/h13-21,24-26H,22-23H2,1-12H3. The Morgan fingerprint density at radius 2 is 1.25 bits per heavy atom. The van der Waals surface area contributed by atoms with Crippen molar-refractivity contribution in [2.45, 2.75) is 123 Å². The fraction of sp³-hybridized carbons (Fsp3) is 0.422. The minimum Gasteiger partial charge on any atom is -0.468 e. The van der Waals surface area contributed by atoms with Crippen LogP contribution < -0.4 is 21.5 Å². The predicted octanol–water partition coefficient (Wildman–Crippen LogP) is 10.3. The number of anilines is 3. The molecular formula is C45H52BNO. The van der Waals surface area contributed by atoms with Crippen molar-refractivity contribution in [3.05, 3.63) is 106 Å². The summed E-state index contributed by atoms with van der Waals surface area (Å²) in [5.41, 5.74) is 17.3. The first-order valence-electron chi connectivity index (χ1n) is 18.1. The molecule has 0 unspecified atom stereocenters. The van der Waals surface area contributed by atoms with E-state index in [-0.39, 0.29) is 33.8 Å². The van der Waals surface area contributed by atoms with E-state index in [9.17, 15) is 0 Å². The average molecular weight is 634 g/mol. The van der Waals surface area contributed by atoms with Gasteiger partial charge in [-0.25, -0.2) is 0 Å². The highest BCUT2D eigenvalue weighted by molar-refractivity contribution is 6.98. The van der Waals surface area contributed by atoms with Gasteiger partial charge in [0.05, 0.1) is 11.3 Å². The van der Waals surface area contributed by atoms with E-state index < -0.39 is 0 Å². The lowest BCUT2D eigenvalue weighted by atomic mass is 9.31. The summed E-state index contributed by atoms with van der Waals surface area (Å²) in [4.78, 5) is 2.52. The van der Waals surface area contributed by atoms with Crippen LogP contribution >= 0.6 is 0 Å². The molecule has 1 aliphatic carbocycles. The van der Waals surface area contributed by atoms with Gasteiger partial charge in [-0.05, 0) is 104 Å². The lowest BCUT2D eigenvalue weighted by Crippen LogP contribution is -2.64. The van der Waals surface area contributed by atoms with E-state index >= 15 is 0 Å². The van der Waals surface area contributed by atoms with E-state index in [2.05, 4.69) is 161 Å². The SMILES string of the molecule is CC(C)(C)c1ccc(N2c3cccc4c3B(c3cc5c(cc3C4(C)C)C(C)(C)CCC5(C)C)c3oc4ccc(C(C)(C)C)cc4c32)cc1. The third kappa shape index (κ3) is 4.38. The van der Waals surface area contributed by atoms with Gasteiger partial charge in [-0.3, -0.25) is 0 Å². The van der Waals surface area contributed by atoms with Gasteiger partial charge < -0.3 is 9.32 Å². The molecule has 0 saturated heterocycles. The molecule has 2 nitrogen and oxygen atoms in total. The van der Waals surface area contributed by atoms with Gasteiger partial charge in [0.25, 0.3) is 6.71 Å². The van der Waals surface area contributed by atoms with Crippen LogP contribution in [0.3, 0.4) is 0 Å². The Morgan fingerprint density at radius 3 is 1.88 bits per heavy atom. The maximum Gasteiger partial charge on any atom is 0.293 e. The van der Waals surface area contributed by atoms with Gasteiger partial charge in [0, 0.05) is 22.2 Å². The van der Waals surface area contributed by atoms with Gasteiger partial charge in [0.15, 0.2) is 0 Å². The lowest BCUT2D eigenvalue weighted by Gasteiger charge is -2.47. The smallest absolute Gasteiger partial charge is 0.293 e. The molecule has 2 aliphatic heterocycles. The molecule has 0 bridgehead atoms. The number of nitrogens with zero attached hydrogens (tertiary/aromatic N) is 1. The Labute approximate surface area is 289 Å². The summed E-state index contributed by atoms with van der Waals surface area (Å²) < 4.78 is 7.16. The van der Waals surface area contributed by atoms with Crippen LogP contribution in [0.1, 0.15) is 129 Å². The first-order valence-corrected chi connectivity index (χ1v) is 18.1. The molecular weight excluding hydrogens is 581 g/mol. The third-order valence-corrected chi connectivity index (χ3v) is 12.3. The number of rotatable bonds is 1. The second-order valence-corrected chi connectivity index (χ2v) is 19.0. The van der Waals surface area contributed by atoms with Gasteiger partial charge in [-0.1, -0.05) is 131 Å². The van der Waals surface area contributed by atoms with E-state index in [1.54, 1.807) is 0 Å². The summed E-state index contributed by atoms with van der Waals surface area (Å²) in [6.45, 7) is 28.5. The molecule has 0 atom stereocenters. The topological polar surface area (TPSA) is 16.4 Å². The van der Waals surface area contributed by atoms with Crippen molar-refractivity contribution < 1.29 is 4.42 Å². The summed E-state index contributed by atoms with van der Waals surface area (Å²) in [7, 11) is 0. The zero-order valence-corrected chi connectivity index (χ0v) is 31.3. The number of hydrogen-bond donors (Lipinski definition) is 0. The van der Waals surface area contributed by atoms with Crippen molar-refractivity contribution in [2.75, 3.05) is 4.90 Å². The van der Waals surface area contributed by atoms with Crippen LogP contribution in [0.2, 0.25) is 0 Å². The molecule has 0 amide bonds. The van der Waals surface area contributed by atoms with Crippen LogP contribution in [-0.4, -0.2) is 6.71 Å². The molecule has 3 aliphatic rings. The molecule has 0 radical (unpaired) electrons. The van der Waals surface area contributed by atoms with E-state index in [0.717, 1.165) is 11.2 Å². The minimum absolute atomic E-state index is 0.0240. The highest BCUT2D eigenvalue weighted by Crippen LogP contribution is 2.50. The lowest BCUT2D eigenvalue weighted by molar-refractivity contribution is 0.331. The van der Waals surface area contributed by atoms with Crippen molar-refractivity contribution in [3.63, 3.8) is 0 Å². The average Bonchev–Trinajstić information content (AvgIpc) is 3.38. The number of fused-ring (bicyclic) bond motifs is 7. The number of hydrogen-bond acceptors (Lipinski definition) is 2. The third-order valence-electron chi connectivity index (χ3n) is 12.3. The van der Waals surface area contributed by atoms with Gasteiger partial charge in [0.1, 0.15) is 5.58 Å². The van der Waals surface area contributed by atoms with Gasteiger partial charge in [-0.2, -0.15) is 0 Å². The predicted molar refractivity (Wildman–Crippen MR) is 207 cm³/mol. The van der Waals surface area contributed by atoms with Crippen molar-refractivity contribution in [2.24, 2.45) is 0 Å². The Bertz CT molecular complexity index is 2130. The molecule has 1 aromatic heterocycles. The first-order chi connectivity index (χ1) is 22.3. The zero-order chi connectivity index (χ0) is 34.3. The summed E-state index contributed by atoms with van der Waals surface area (Å²) in [6, 6.07) is 28.4. The minimum atomic E-state index is -0.158. The summed E-state index contributed by atoms with van der Waals surface area (Å²) in [6.07, 6.45) is 2.41. The highest BCUT2D eigenvalue weighted by atomic mass is 16.3. The molecule has 246 valence electrons. The Hall–Kier alpha value is -3.72. The number of benzene rings is 4. The van der Waals surface area contributed by atoms with E-state index in [1.807, 2.05) is 0 Å². The zero-order valence-electron chi connectivity index (χ0n) is 31.3. The van der Waals surface area contributed by atoms with Crippen molar-refractivity contribution in [1.29, 1.82) is 0 Å². The van der Waals surface area contributed by atoms with Crippen molar-refractivity contribution >= 4 is 51.3 Å². The second kappa shape index (κ2) is 9.71. The molecule has 0 N–H and O–H groups in total. The number of furan rings is 1. The maximum absolute atomic E-state index is 7.16. The van der Waals surface area contributed by atoms with Gasteiger partial charge in [-0.15, -0.1) is 0 Å². The molecule has 0 spiro atoms. The fourth-order valence-corrected chi connectivity index (χ4v) is 9.08. The van der Waals surface area contributed by atoms with Crippen LogP contribution in [-0.2, 0) is 27.1 Å². The first kappa shape index (κ1) is 31.5. The van der Waals surface area contributed by atoms with Crippen LogP contribution in [0.5, 0.6) is 0 Å². The van der Waals surface area contributed by atoms with E-state index in [1.165, 1.54) is 79.6 Å². The largest absolute Gasteiger partial charge is 0.468 e. The summed E-state index contributed by atoms with van der Waals surface area (Å²) >= 11 is 0. The molecule has 8 rings (SSSR count). The van der Waals surface area contributed by atoms with Crippen LogP contribution in [0.15, 0.2) is 77.2 Å². The molecule has 0 saturated carbocycles. The fourth-order valence-electron chi connectivity index (χ4n) is 9.08. The molecule has 0 fully saturated rings. The molecule has 5 aromatic rings. The van der Waals surface area contributed by atoms with Crippen LogP contribution in [0.25, 0.3) is 11.0 Å². The molecule has 48 heavy (non-hydrogen) atoms. The van der Waals surface area contributed by atoms with Gasteiger partial charge in [0.2, 0.25) is 0 Å². The van der Waals surface area contributed by atoms with Crippen LogP contribution in [0, 0.1) is 0 Å². The molecule has 3 heterocycles. The Morgan fingerprint density at radius 1 is 0.646 bits per heavy atom. The van der Waals surface area contributed by atoms with E-state index in [0.29, 0.717) is 0 Å². The Balaban J connectivity index is 1.48. The van der Waals surface area contributed by atoms with Gasteiger partial charge >= 0.3 is 0 Å². The van der Waals surface area contributed by atoms with Crippen LogP contribution in [0.4, 0.5) is 17.1 Å². The highest BCUT2D eigenvalue weighted by Gasteiger charge is 2.50. The van der Waals surface area contributed by atoms with Crippen molar-refractivity contribution in [3.8, 4) is 0 Å². The maximum atomic E-state index is 7.16. The normalized spacial score (nSPS) is 18.7. The Kier molecular flexibility index (Phi) is 6.38. The summed E-state index contributed by atoms with van der Waals surface area (Å²) in [5, 5.41) is 1.19. The monoisotopic (exact) mass is 633 g/mol. The quantitative estimate of drug-likeness (QED) is 0.168. The second-order valence-electron chi connectivity index (χ2n) is 19.0. The van der Waals surface area contributed by atoms with Crippen molar-refractivity contribution in [1.82, 2.24) is 0 Å².